The first-order valence-electron chi connectivity index (χ1n) is 6.91. The molecule has 104 valence electrons. The molecule has 0 aromatic heterocycles. The number of amides is 1. The summed E-state index contributed by atoms with van der Waals surface area (Å²) in [6, 6.07) is 8.65. The molecule has 2 N–H and O–H groups in total. The zero-order valence-corrected chi connectivity index (χ0v) is 11.9. The number of piperazine rings is 1. The number of hydrogen-bond acceptors (Lipinski definition) is 3. The summed E-state index contributed by atoms with van der Waals surface area (Å²) in [5.41, 5.74) is 2.37. The second-order valence-corrected chi connectivity index (χ2v) is 5.25. The van der Waals surface area contributed by atoms with E-state index in [9.17, 15) is 4.79 Å². The van der Waals surface area contributed by atoms with Crippen LogP contribution in [0, 0.1) is 6.92 Å². The van der Waals surface area contributed by atoms with Crippen LogP contribution in [-0.2, 0) is 4.79 Å². The molecule has 1 aliphatic rings. The minimum Gasteiger partial charge on any atom is -0.355 e. The van der Waals surface area contributed by atoms with Crippen LogP contribution in [0.2, 0.25) is 0 Å². The molecule has 2 rings (SSSR count). The van der Waals surface area contributed by atoms with Crippen LogP contribution in [0.3, 0.4) is 0 Å². The number of aryl methyl sites for hydroxylation is 1. The molecule has 1 fully saturated rings. The predicted molar refractivity (Wildman–Crippen MR) is 78.5 cm³/mol. The van der Waals surface area contributed by atoms with Gasteiger partial charge >= 0.3 is 0 Å². The van der Waals surface area contributed by atoms with Crippen molar-refractivity contribution in [1.29, 1.82) is 0 Å². The molecule has 1 aromatic carbocycles. The molecule has 4 heteroatoms. The highest BCUT2D eigenvalue weighted by molar-refractivity contribution is 5.86. The summed E-state index contributed by atoms with van der Waals surface area (Å²) in [4.78, 5) is 14.4. The lowest BCUT2D eigenvalue weighted by molar-refractivity contribution is -0.123. The first-order chi connectivity index (χ1) is 9.13. The monoisotopic (exact) mass is 261 g/mol. The van der Waals surface area contributed by atoms with Crippen molar-refractivity contribution in [3.63, 3.8) is 0 Å². The number of rotatable bonds is 4. The van der Waals surface area contributed by atoms with E-state index in [4.69, 9.17) is 0 Å². The summed E-state index contributed by atoms with van der Waals surface area (Å²) in [5, 5.41) is 6.12. The van der Waals surface area contributed by atoms with Gasteiger partial charge in [-0.3, -0.25) is 4.79 Å². The Bertz CT molecular complexity index is 430. The fourth-order valence-electron chi connectivity index (χ4n) is 2.60. The third kappa shape index (κ3) is 3.07. The number of hydrogen-bond donors (Lipinski definition) is 2. The minimum atomic E-state index is -0.0843. The van der Waals surface area contributed by atoms with Crippen LogP contribution in [0.25, 0.3) is 0 Å². The van der Waals surface area contributed by atoms with E-state index in [0.29, 0.717) is 12.6 Å². The van der Waals surface area contributed by atoms with Crippen molar-refractivity contribution >= 4 is 11.6 Å². The van der Waals surface area contributed by atoms with Crippen LogP contribution >= 0.6 is 0 Å². The van der Waals surface area contributed by atoms with Gasteiger partial charge in [-0.1, -0.05) is 17.7 Å². The Morgan fingerprint density at radius 3 is 2.68 bits per heavy atom. The van der Waals surface area contributed by atoms with Crippen molar-refractivity contribution in [2.75, 3.05) is 25.0 Å². The van der Waals surface area contributed by atoms with Crippen molar-refractivity contribution in [2.45, 2.75) is 32.4 Å². The van der Waals surface area contributed by atoms with Crippen molar-refractivity contribution in [1.82, 2.24) is 10.6 Å². The van der Waals surface area contributed by atoms with Crippen molar-refractivity contribution < 1.29 is 4.79 Å². The quantitative estimate of drug-likeness (QED) is 0.858. The number of nitrogens with zero attached hydrogens (tertiary/aromatic N) is 1. The molecule has 2 atom stereocenters. The van der Waals surface area contributed by atoms with Gasteiger partial charge in [0.15, 0.2) is 0 Å². The smallest absolute Gasteiger partial charge is 0.242 e. The van der Waals surface area contributed by atoms with Gasteiger partial charge in [0.2, 0.25) is 5.91 Å². The second-order valence-electron chi connectivity index (χ2n) is 5.25. The van der Waals surface area contributed by atoms with E-state index in [1.165, 1.54) is 5.56 Å². The molecule has 1 aliphatic heterocycles. The van der Waals surface area contributed by atoms with Crippen LogP contribution in [0.4, 0.5) is 5.69 Å². The third-order valence-corrected chi connectivity index (χ3v) is 3.68. The van der Waals surface area contributed by atoms with Crippen LogP contribution in [0.1, 0.15) is 18.9 Å². The highest BCUT2D eigenvalue weighted by Crippen LogP contribution is 2.24. The van der Waals surface area contributed by atoms with Gasteiger partial charge < -0.3 is 15.5 Å². The highest BCUT2D eigenvalue weighted by atomic mass is 16.2. The zero-order valence-electron chi connectivity index (χ0n) is 11.9. The van der Waals surface area contributed by atoms with Crippen LogP contribution in [0.15, 0.2) is 24.3 Å². The van der Waals surface area contributed by atoms with Gasteiger partial charge in [-0.2, -0.15) is 0 Å². The molecular weight excluding hydrogens is 238 g/mol. The summed E-state index contributed by atoms with van der Waals surface area (Å²) in [7, 11) is 1.92. The van der Waals surface area contributed by atoms with Crippen molar-refractivity contribution in [2.24, 2.45) is 0 Å². The summed E-state index contributed by atoms with van der Waals surface area (Å²) in [6.07, 6.45) is 0.820. The Labute approximate surface area is 115 Å². The second kappa shape index (κ2) is 6.06. The van der Waals surface area contributed by atoms with Gasteiger partial charge in [-0.15, -0.1) is 0 Å². The number of anilines is 1. The Balaban J connectivity index is 2.25. The molecule has 0 spiro atoms. The van der Waals surface area contributed by atoms with E-state index in [2.05, 4.69) is 53.6 Å². The molecule has 0 radical (unpaired) electrons. The van der Waals surface area contributed by atoms with E-state index in [0.717, 1.165) is 18.7 Å². The number of carbonyl (C=O) groups is 1. The number of nitrogens with one attached hydrogen (secondary N) is 2. The normalized spacial score (nSPS) is 23.3. The lowest BCUT2D eigenvalue weighted by Crippen LogP contribution is -2.60. The lowest BCUT2D eigenvalue weighted by atomic mass is 10.0. The van der Waals surface area contributed by atoms with E-state index in [1.54, 1.807) is 0 Å². The van der Waals surface area contributed by atoms with Crippen molar-refractivity contribution in [3.05, 3.63) is 29.8 Å². The Morgan fingerprint density at radius 2 is 2.05 bits per heavy atom. The highest BCUT2D eigenvalue weighted by Gasteiger charge is 2.33. The molecule has 4 nitrogen and oxygen atoms in total. The van der Waals surface area contributed by atoms with Gasteiger partial charge in [-0.05, 0) is 46.0 Å². The summed E-state index contributed by atoms with van der Waals surface area (Å²) in [5.74, 6) is 0.133. The fraction of sp³-hybridized carbons (Fsp3) is 0.533. The molecule has 1 saturated heterocycles. The summed E-state index contributed by atoms with van der Waals surface area (Å²) < 4.78 is 0. The number of benzene rings is 1. The zero-order chi connectivity index (χ0) is 13.8. The molecule has 0 aliphatic carbocycles. The van der Waals surface area contributed by atoms with E-state index in [1.807, 2.05) is 7.05 Å². The molecule has 2 unspecified atom stereocenters. The number of carbonyl (C=O) groups excluding carboxylic acids is 1. The molecule has 1 amide bonds. The van der Waals surface area contributed by atoms with Gasteiger partial charge in [0, 0.05) is 18.3 Å². The largest absolute Gasteiger partial charge is 0.355 e. The standard InChI is InChI=1S/C15H23N3O/c1-11-4-6-13(7-5-11)18-12(2)10-17-15(19)14(18)8-9-16-3/h4-7,12,14,16H,8-10H2,1-3H3,(H,17,19). The maximum atomic E-state index is 12.1. The Morgan fingerprint density at radius 1 is 1.37 bits per heavy atom. The Hall–Kier alpha value is -1.55. The van der Waals surface area contributed by atoms with Crippen molar-refractivity contribution in [3.8, 4) is 0 Å². The van der Waals surface area contributed by atoms with Gasteiger partial charge in [0.05, 0.1) is 0 Å². The van der Waals surface area contributed by atoms with E-state index < -0.39 is 0 Å². The van der Waals surface area contributed by atoms with Gasteiger partial charge in [-0.25, -0.2) is 0 Å². The average molecular weight is 261 g/mol. The molecule has 0 saturated carbocycles. The summed E-state index contributed by atoms with van der Waals surface area (Å²) >= 11 is 0. The first kappa shape index (κ1) is 13.9. The molecule has 19 heavy (non-hydrogen) atoms. The van der Waals surface area contributed by atoms with E-state index in [-0.39, 0.29) is 11.9 Å². The van der Waals surface area contributed by atoms with Crippen LogP contribution in [-0.4, -0.2) is 38.1 Å². The van der Waals surface area contributed by atoms with Gasteiger partial charge in [0.25, 0.3) is 0 Å². The molecule has 1 aromatic rings. The summed E-state index contributed by atoms with van der Waals surface area (Å²) in [6.45, 7) is 5.79. The van der Waals surface area contributed by atoms with Gasteiger partial charge in [0.1, 0.15) is 6.04 Å². The SMILES string of the molecule is CNCCC1C(=O)NCC(C)N1c1ccc(C)cc1. The lowest BCUT2D eigenvalue weighted by Gasteiger charge is -2.42. The average Bonchev–Trinajstić information content (AvgIpc) is 2.41. The van der Waals surface area contributed by atoms with Crippen LogP contribution in [0.5, 0.6) is 0 Å². The first-order valence-corrected chi connectivity index (χ1v) is 6.91. The predicted octanol–water partition coefficient (Wildman–Crippen LogP) is 1.30. The molecular formula is C15H23N3O. The maximum Gasteiger partial charge on any atom is 0.242 e. The minimum absolute atomic E-state index is 0.0843. The van der Waals surface area contributed by atoms with Crippen LogP contribution < -0.4 is 15.5 Å². The molecule has 0 bridgehead atoms. The molecule has 1 heterocycles. The van der Waals surface area contributed by atoms with E-state index >= 15 is 0 Å². The fourth-order valence-corrected chi connectivity index (χ4v) is 2.60. The Kier molecular flexibility index (Phi) is 4.43. The third-order valence-electron chi connectivity index (χ3n) is 3.68. The maximum absolute atomic E-state index is 12.1. The topological polar surface area (TPSA) is 44.4 Å².